The molecule has 0 fully saturated rings. The predicted molar refractivity (Wildman–Crippen MR) is 151 cm³/mol. The van der Waals surface area contributed by atoms with Crippen LogP contribution >= 0.6 is 0 Å². The topological polar surface area (TPSA) is 127 Å². The molecule has 0 aliphatic carbocycles. The monoisotopic (exact) mass is 559 g/mol. The molecule has 212 valence electrons. The van der Waals surface area contributed by atoms with Crippen LogP contribution in [0.5, 0.6) is 28.7 Å². The number of methoxy groups -OCH3 is 5. The van der Waals surface area contributed by atoms with Gasteiger partial charge in [-0.1, -0.05) is 0 Å². The minimum absolute atomic E-state index is 0.00354. The molecule has 11 nitrogen and oxygen atoms in total. The third-order valence-corrected chi connectivity index (χ3v) is 6.38. The van der Waals surface area contributed by atoms with Gasteiger partial charge in [-0.3, -0.25) is 19.7 Å². The van der Waals surface area contributed by atoms with E-state index in [0.717, 1.165) is 0 Å². The lowest BCUT2D eigenvalue weighted by Crippen LogP contribution is -2.20. The van der Waals surface area contributed by atoms with Gasteiger partial charge in [0.25, 0.3) is 11.7 Å². The van der Waals surface area contributed by atoms with Gasteiger partial charge in [0.15, 0.2) is 11.5 Å². The Morgan fingerprint density at radius 1 is 0.683 bits per heavy atom. The van der Waals surface area contributed by atoms with Crippen LogP contribution < -0.4 is 29.0 Å². The number of hydrogen-bond donors (Lipinski definition) is 1. The molecule has 0 atom stereocenters. The molecule has 0 bridgehead atoms. The third kappa shape index (κ3) is 5.69. The van der Waals surface area contributed by atoms with Gasteiger partial charge in [-0.25, -0.2) is 4.98 Å². The van der Waals surface area contributed by atoms with Crippen molar-refractivity contribution < 1.29 is 38.1 Å². The number of aromatic nitrogens is 2. The van der Waals surface area contributed by atoms with E-state index in [-0.39, 0.29) is 40.0 Å². The molecule has 4 aromatic rings. The summed E-state index contributed by atoms with van der Waals surface area (Å²) in [6.07, 6.45) is 0. The van der Waals surface area contributed by atoms with E-state index in [1.165, 1.54) is 64.4 Å². The summed E-state index contributed by atoms with van der Waals surface area (Å²) in [5, 5.41) is 2.72. The van der Waals surface area contributed by atoms with E-state index in [1.807, 2.05) is 0 Å². The molecule has 0 aliphatic rings. The van der Waals surface area contributed by atoms with Gasteiger partial charge < -0.3 is 28.3 Å². The maximum Gasteiger partial charge on any atom is 0.258 e. The normalized spacial score (nSPS) is 10.5. The van der Waals surface area contributed by atoms with Crippen LogP contribution in [-0.2, 0) is 7.05 Å². The number of hydrogen-bond acceptors (Lipinski definition) is 9. The Morgan fingerprint density at radius 3 is 1.71 bits per heavy atom. The molecule has 3 aromatic carbocycles. The zero-order valence-corrected chi connectivity index (χ0v) is 23.4. The van der Waals surface area contributed by atoms with Crippen molar-refractivity contribution in [3.63, 3.8) is 0 Å². The zero-order valence-electron chi connectivity index (χ0n) is 23.4. The molecular weight excluding hydrogens is 530 g/mol. The summed E-state index contributed by atoms with van der Waals surface area (Å²) in [7, 11) is 8.93. The van der Waals surface area contributed by atoms with Crippen LogP contribution in [0.4, 0.5) is 5.95 Å². The number of imidazole rings is 1. The van der Waals surface area contributed by atoms with E-state index >= 15 is 0 Å². The molecule has 0 spiro atoms. The van der Waals surface area contributed by atoms with Crippen molar-refractivity contribution in [2.45, 2.75) is 0 Å². The number of nitrogens with one attached hydrogen (secondary N) is 1. The number of ketones is 2. The van der Waals surface area contributed by atoms with Crippen LogP contribution in [0.1, 0.15) is 31.2 Å². The Hall–Kier alpha value is -5.32. The van der Waals surface area contributed by atoms with Crippen LogP contribution in [0.15, 0.2) is 60.7 Å². The minimum Gasteiger partial charge on any atom is -0.497 e. The van der Waals surface area contributed by atoms with Gasteiger partial charge in [0.05, 0.1) is 35.5 Å². The first-order valence-electron chi connectivity index (χ1n) is 12.3. The summed E-state index contributed by atoms with van der Waals surface area (Å²) in [5.74, 6) is -0.00603. The molecule has 1 aromatic heterocycles. The number of amides is 1. The standard InChI is InChI=1S/C30H29N3O8/c1-33-25(27(35)26(34)18-9-13-21(38-3)14-10-18)24(17-7-11-20(37-2)12-8-17)31-30(33)32-29(36)19-15-22(39-4)28(41-6)23(16-19)40-5/h7-16H,1-6H3,(H,31,32,36). The van der Waals surface area contributed by atoms with Gasteiger partial charge in [0.2, 0.25) is 17.5 Å². The summed E-state index contributed by atoms with van der Waals surface area (Å²) in [6.45, 7) is 0. The highest BCUT2D eigenvalue weighted by molar-refractivity contribution is 6.49. The number of ether oxygens (including phenoxy) is 5. The van der Waals surface area contributed by atoms with Gasteiger partial charge in [-0.15, -0.1) is 0 Å². The second-order valence-electron chi connectivity index (χ2n) is 8.68. The third-order valence-electron chi connectivity index (χ3n) is 6.38. The zero-order chi connectivity index (χ0) is 29.7. The van der Waals surface area contributed by atoms with E-state index < -0.39 is 17.5 Å². The van der Waals surface area contributed by atoms with Gasteiger partial charge >= 0.3 is 0 Å². The molecule has 1 N–H and O–H groups in total. The lowest BCUT2D eigenvalue weighted by atomic mass is 10.0. The van der Waals surface area contributed by atoms with Crippen molar-refractivity contribution in [2.75, 3.05) is 40.9 Å². The van der Waals surface area contributed by atoms with Crippen LogP contribution in [0.25, 0.3) is 11.3 Å². The molecule has 0 aliphatic heterocycles. The predicted octanol–water partition coefficient (Wildman–Crippen LogP) is 4.45. The average molecular weight is 560 g/mol. The maximum atomic E-state index is 13.6. The Balaban J connectivity index is 1.77. The largest absolute Gasteiger partial charge is 0.497 e. The van der Waals surface area contributed by atoms with Crippen molar-refractivity contribution in [1.29, 1.82) is 0 Å². The lowest BCUT2D eigenvalue weighted by Gasteiger charge is -2.14. The molecule has 11 heteroatoms. The molecule has 1 heterocycles. The van der Waals surface area contributed by atoms with E-state index in [9.17, 15) is 14.4 Å². The van der Waals surface area contributed by atoms with E-state index in [1.54, 1.807) is 43.4 Å². The van der Waals surface area contributed by atoms with Crippen LogP contribution in [0.2, 0.25) is 0 Å². The number of anilines is 1. The number of carbonyl (C=O) groups is 3. The molecule has 1 amide bonds. The molecular formula is C30H29N3O8. The fourth-order valence-electron chi connectivity index (χ4n) is 4.19. The van der Waals surface area contributed by atoms with Gasteiger partial charge in [-0.05, 0) is 60.7 Å². The highest BCUT2D eigenvalue weighted by Gasteiger charge is 2.29. The smallest absolute Gasteiger partial charge is 0.258 e. The fraction of sp³-hybridized carbons (Fsp3) is 0.200. The van der Waals surface area contributed by atoms with E-state index in [2.05, 4.69) is 10.3 Å². The van der Waals surface area contributed by atoms with Crippen molar-refractivity contribution in [3.8, 4) is 40.0 Å². The fourth-order valence-corrected chi connectivity index (χ4v) is 4.19. The number of rotatable bonds is 11. The molecule has 0 radical (unpaired) electrons. The minimum atomic E-state index is -0.802. The van der Waals surface area contributed by atoms with E-state index in [0.29, 0.717) is 22.8 Å². The van der Waals surface area contributed by atoms with Crippen LogP contribution in [-0.4, -0.2) is 62.6 Å². The lowest BCUT2D eigenvalue weighted by molar-refractivity contribution is 0.0812. The number of nitrogens with zero attached hydrogens (tertiary/aromatic N) is 2. The first-order chi connectivity index (χ1) is 19.8. The van der Waals surface area contributed by atoms with Gasteiger partial charge in [0, 0.05) is 23.7 Å². The second-order valence-corrected chi connectivity index (χ2v) is 8.68. The van der Waals surface area contributed by atoms with Crippen molar-refractivity contribution in [2.24, 2.45) is 7.05 Å². The SMILES string of the molecule is COc1ccc(C(=O)C(=O)c2c(-c3ccc(OC)cc3)nc(NC(=O)c3cc(OC)c(OC)c(OC)c3)n2C)cc1. The van der Waals surface area contributed by atoms with Crippen LogP contribution in [0, 0.1) is 0 Å². The number of Topliss-reactive ketones (excluding diaryl/α,β-unsaturated/α-hetero) is 2. The van der Waals surface area contributed by atoms with Crippen LogP contribution in [0.3, 0.4) is 0 Å². The molecule has 4 rings (SSSR count). The highest BCUT2D eigenvalue weighted by Crippen LogP contribution is 2.38. The average Bonchev–Trinajstić information content (AvgIpc) is 3.34. The molecule has 41 heavy (non-hydrogen) atoms. The van der Waals surface area contributed by atoms with Gasteiger partial charge in [-0.2, -0.15) is 0 Å². The molecule has 0 saturated heterocycles. The van der Waals surface area contributed by atoms with Gasteiger partial charge in [0.1, 0.15) is 22.9 Å². The second kappa shape index (κ2) is 12.2. The Morgan fingerprint density at radius 2 is 1.22 bits per heavy atom. The summed E-state index contributed by atoms with van der Waals surface area (Å²) in [5.41, 5.74) is 1.12. The van der Waals surface area contributed by atoms with Crippen molar-refractivity contribution in [3.05, 3.63) is 77.5 Å². The molecule has 0 unspecified atom stereocenters. The quantitative estimate of drug-likeness (QED) is 0.209. The van der Waals surface area contributed by atoms with Crippen molar-refractivity contribution in [1.82, 2.24) is 9.55 Å². The first-order valence-corrected chi connectivity index (χ1v) is 12.3. The molecule has 0 saturated carbocycles. The Labute approximate surface area is 236 Å². The highest BCUT2D eigenvalue weighted by atomic mass is 16.5. The summed E-state index contributed by atoms with van der Waals surface area (Å²) in [6, 6.07) is 16.0. The Kier molecular flexibility index (Phi) is 8.57. The summed E-state index contributed by atoms with van der Waals surface area (Å²) < 4.78 is 27.8. The first kappa shape index (κ1) is 28.7. The summed E-state index contributed by atoms with van der Waals surface area (Å²) in [4.78, 5) is 44.8. The summed E-state index contributed by atoms with van der Waals surface area (Å²) >= 11 is 0. The number of carbonyl (C=O) groups excluding carboxylic acids is 3. The van der Waals surface area contributed by atoms with E-state index in [4.69, 9.17) is 23.7 Å². The maximum absolute atomic E-state index is 13.6. The number of benzene rings is 3. The van der Waals surface area contributed by atoms with Crippen molar-refractivity contribution >= 4 is 23.4 Å². The Bertz CT molecular complexity index is 1570.